The van der Waals surface area contributed by atoms with Crippen LogP contribution in [0.15, 0.2) is 78.9 Å². The first-order valence-electron chi connectivity index (χ1n) is 8.41. The maximum atomic E-state index is 13.3. The molecule has 124 valence electrons. The van der Waals surface area contributed by atoms with E-state index < -0.39 is 5.54 Å². The Bertz CT molecular complexity index is 936. The van der Waals surface area contributed by atoms with Gasteiger partial charge in [-0.05, 0) is 30.2 Å². The SMILES string of the molecule is Cc1ccccc1N(C)C1(c2ccccc2)C(=O)Nc2ccccc21. The summed E-state index contributed by atoms with van der Waals surface area (Å²) in [7, 11) is 2.00. The lowest BCUT2D eigenvalue weighted by atomic mass is 9.82. The van der Waals surface area contributed by atoms with Crippen molar-refractivity contribution >= 4 is 17.3 Å². The molecule has 3 aromatic carbocycles. The van der Waals surface area contributed by atoms with Crippen molar-refractivity contribution in [3.63, 3.8) is 0 Å². The molecule has 0 spiro atoms. The van der Waals surface area contributed by atoms with Crippen LogP contribution in [0.5, 0.6) is 0 Å². The predicted octanol–water partition coefficient (Wildman–Crippen LogP) is 4.33. The highest BCUT2D eigenvalue weighted by Gasteiger charge is 2.51. The minimum Gasteiger partial charge on any atom is -0.353 e. The maximum Gasteiger partial charge on any atom is 0.259 e. The molecule has 0 bridgehead atoms. The van der Waals surface area contributed by atoms with Crippen molar-refractivity contribution in [2.45, 2.75) is 12.5 Å². The molecule has 0 aliphatic carbocycles. The largest absolute Gasteiger partial charge is 0.353 e. The Balaban J connectivity index is 2.02. The van der Waals surface area contributed by atoms with Crippen molar-refractivity contribution in [2.75, 3.05) is 17.3 Å². The maximum absolute atomic E-state index is 13.3. The Labute approximate surface area is 147 Å². The summed E-state index contributed by atoms with van der Waals surface area (Å²) in [5, 5.41) is 3.08. The summed E-state index contributed by atoms with van der Waals surface area (Å²) in [6, 6.07) is 26.1. The van der Waals surface area contributed by atoms with Gasteiger partial charge in [0.1, 0.15) is 0 Å². The van der Waals surface area contributed by atoms with Crippen LogP contribution in [0.3, 0.4) is 0 Å². The first-order chi connectivity index (χ1) is 12.2. The monoisotopic (exact) mass is 328 g/mol. The molecule has 0 saturated carbocycles. The number of nitrogens with one attached hydrogen (secondary N) is 1. The third-order valence-corrected chi connectivity index (χ3v) is 5.07. The number of aryl methyl sites for hydroxylation is 1. The summed E-state index contributed by atoms with van der Waals surface area (Å²) in [6.07, 6.45) is 0. The van der Waals surface area contributed by atoms with Gasteiger partial charge in [-0.3, -0.25) is 4.79 Å². The van der Waals surface area contributed by atoms with Crippen LogP contribution in [-0.4, -0.2) is 13.0 Å². The molecule has 1 aliphatic heterocycles. The molecular weight excluding hydrogens is 308 g/mol. The number of carbonyl (C=O) groups excluding carboxylic acids is 1. The number of hydrogen-bond acceptors (Lipinski definition) is 2. The van der Waals surface area contributed by atoms with Gasteiger partial charge in [0.15, 0.2) is 5.54 Å². The van der Waals surface area contributed by atoms with Gasteiger partial charge in [0.05, 0.1) is 0 Å². The Morgan fingerprint density at radius 2 is 1.48 bits per heavy atom. The summed E-state index contributed by atoms with van der Waals surface area (Å²) >= 11 is 0. The molecular formula is C22H20N2O. The zero-order valence-corrected chi connectivity index (χ0v) is 14.4. The molecule has 0 fully saturated rings. The van der Waals surface area contributed by atoms with E-state index in [9.17, 15) is 4.79 Å². The standard InChI is InChI=1S/C22H20N2O/c1-16-10-6-9-15-20(16)24(2)22(17-11-4-3-5-12-17)18-13-7-8-14-19(18)23-21(22)25/h3-15H,1-2H3,(H,23,25). The van der Waals surface area contributed by atoms with Crippen LogP contribution in [-0.2, 0) is 10.3 Å². The van der Waals surface area contributed by atoms with E-state index in [-0.39, 0.29) is 5.91 Å². The van der Waals surface area contributed by atoms with Crippen LogP contribution in [0.4, 0.5) is 11.4 Å². The number of fused-ring (bicyclic) bond motifs is 1. The van der Waals surface area contributed by atoms with Gasteiger partial charge in [-0.15, -0.1) is 0 Å². The summed E-state index contributed by atoms with van der Waals surface area (Å²) in [4.78, 5) is 15.4. The van der Waals surface area contributed by atoms with Gasteiger partial charge in [-0.1, -0.05) is 66.7 Å². The van der Waals surface area contributed by atoms with E-state index in [0.29, 0.717) is 0 Å². The molecule has 4 rings (SSSR count). The number of anilines is 2. The Hall–Kier alpha value is -3.07. The van der Waals surface area contributed by atoms with Gasteiger partial charge in [-0.25, -0.2) is 0 Å². The van der Waals surface area contributed by atoms with E-state index in [0.717, 1.165) is 28.1 Å². The highest BCUT2D eigenvalue weighted by molar-refractivity contribution is 6.10. The molecule has 1 N–H and O–H groups in total. The Morgan fingerprint density at radius 1 is 0.840 bits per heavy atom. The Kier molecular flexibility index (Phi) is 3.57. The van der Waals surface area contributed by atoms with Crippen molar-refractivity contribution in [3.05, 3.63) is 95.6 Å². The second-order valence-electron chi connectivity index (χ2n) is 6.42. The third kappa shape index (κ3) is 2.16. The third-order valence-electron chi connectivity index (χ3n) is 5.07. The molecule has 1 unspecified atom stereocenters. The lowest BCUT2D eigenvalue weighted by molar-refractivity contribution is -0.119. The van der Waals surface area contributed by atoms with Gasteiger partial charge in [0.25, 0.3) is 5.91 Å². The highest BCUT2D eigenvalue weighted by Crippen LogP contribution is 2.46. The zero-order chi connectivity index (χ0) is 17.4. The number of carbonyl (C=O) groups is 1. The molecule has 3 aromatic rings. The second kappa shape index (κ2) is 5.78. The van der Waals surface area contributed by atoms with E-state index >= 15 is 0 Å². The molecule has 25 heavy (non-hydrogen) atoms. The van der Waals surface area contributed by atoms with Crippen molar-refractivity contribution in [3.8, 4) is 0 Å². The lowest BCUT2D eigenvalue weighted by Gasteiger charge is -2.40. The Morgan fingerprint density at radius 3 is 2.24 bits per heavy atom. The lowest BCUT2D eigenvalue weighted by Crippen LogP contribution is -2.50. The van der Waals surface area contributed by atoms with Crippen LogP contribution in [0.25, 0.3) is 0 Å². The summed E-state index contributed by atoms with van der Waals surface area (Å²) in [5.74, 6) is -0.0225. The average Bonchev–Trinajstić information content (AvgIpc) is 2.95. The molecule has 0 radical (unpaired) electrons. The van der Waals surface area contributed by atoms with Crippen molar-refractivity contribution in [1.82, 2.24) is 0 Å². The number of hydrogen-bond donors (Lipinski definition) is 1. The normalized spacial score (nSPS) is 18.6. The molecule has 3 heteroatoms. The number of rotatable bonds is 3. The molecule has 1 heterocycles. The fraction of sp³-hybridized carbons (Fsp3) is 0.136. The molecule has 3 nitrogen and oxygen atoms in total. The molecule has 1 amide bonds. The fourth-order valence-electron chi connectivity index (χ4n) is 3.86. The second-order valence-corrected chi connectivity index (χ2v) is 6.42. The first kappa shape index (κ1) is 15.5. The number of benzene rings is 3. The van der Waals surface area contributed by atoms with Gasteiger partial charge in [0, 0.05) is 24.0 Å². The number of nitrogens with zero attached hydrogens (tertiary/aromatic N) is 1. The predicted molar refractivity (Wildman–Crippen MR) is 102 cm³/mol. The highest BCUT2D eigenvalue weighted by atomic mass is 16.2. The number of amides is 1. The fourth-order valence-corrected chi connectivity index (χ4v) is 3.86. The van der Waals surface area contributed by atoms with Crippen LogP contribution in [0.1, 0.15) is 16.7 Å². The van der Waals surface area contributed by atoms with E-state index in [2.05, 4.69) is 29.3 Å². The van der Waals surface area contributed by atoms with E-state index in [4.69, 9.17) is 0 Å². The molecule has 0 saturated heterocycles. The van der Waals surface area contributed by atoms with E-state index in [1.807, 2.05) is 73.8 Å². The molecule has 1 aliphatic rings. The number of para-hydroxylation sites is 2. The summed E-state index contributed by atoms with van der Waals surface area (Å²) in [6.45, 7) is 2.07. The van der Waals surface area contributed by atoms with Crippen LogP contribution in [0, 0.1) is 6.92 Å². The molecule has 1 atom stereocenters. The van der Waals surface area contributed by atoms with Crippen LogP contribution < -0.4 is 10.2 Å². The van der Waals surface area contributed by atoms with Crippen molar-refractivity contribution in [2.24, 2.45) is 0 Å². The molecule has 0 aromatic heterocycles. The minimum absolute atomic E-state index is 0.0225. The smallest absolute Gasteiger partial charge is 0.259 e. The quantitative estimate of drug-likeness (QED) is 0.776. The average molecular weight is 328 g/mol. The van der Waals surface area contributed by atoms with Gasteiger partial charge >= 0.3 is 0 Å². The van der Waals surface area contributed by atoms with Crippen molar-refractivity contribution < 1.29 is 4.79 Å². The summed E-state index contributed by atoms with van der Waals surface area (Å²) < 4.78 is 0. The summed E-state index contributed by atoms with van der Waals surface area (Å²) in [5.41, 5.74) is 4.11. The van der Waals surface area contributed by atoms with Crippen LogP contribution in [0.2, 0.25) is 0 Å². The van der Waals surface area contributed by atoms with Gasteiger partial charge < -0.3 is 10.2 Å². The van der Waals surface area contributed by atoms with Crippen LogP contribution >= 0.6 is 0 Å². The van der Waals surface area contributed by atoms with Gasteiger partial charge in [-0.2, -0.15) is 0 Å². The van der Waals surface area contributed by atoms with E-state index in [1.54, 1.807) is 0 Å². The zero-order valence-electron chi connectivity index (χ0n) is 14.4. The first-order valence-corrected chi connectivity index (χ1v) is 8.41. The number of likely N-dealkylation sites (N-methyl/N-ethyl adjacent to an activating group) is 1. The van der Waals surface area contributed by atoms with E-state index in [1.165, 1.54) is 0 Å². The van der Waals surface area contributed by atoms with Crippen molar-refractivity contribution in [1.29, 1.82) is 0 Å². The minimum atomic E-state index is -0.885. The van der Waals surface area contributed by atoms with Gasteiger partial charge in [0.2, 0.25) is 0 Å². The topological polar surface area (TPSA) is 32.3 Å².